The number of amides is 1. The number of fused-ring (bicyclic) bond motifs is 1. The number of hydrogen-bond donors (Lipinski definition) is 1. The van der Waals surface area contributed by atoms with E-state index in [1.165, 1.54) is 18.7 Å². The maximum Gasteiger partial charge on any atom is 0.262 e. The van der Waals surface area contributed by atoms with E-state index in [1.54, 1.807) is 41.0 Å². The van der Waals surface area contributed by atoms with Crippen molar-refractivity contribution in [3.63, 3.8) is 0 Å². The number of hydrogen-bond acceptors (Lipinski definition) is 5. The molecule has 0 aliphatic carbocycles. The van der Waals surface area contributed by atoms with Crippen LogP contribution in [0, 0.1) is 0 Å². The highest BCUT2D eigenvalue weighted by atomic mass is 32.2. The molecule has 4 aromatic rings. The van der Waals surface area contributed by atoms with Crippen molar-refractivity contribution in [2.24, 2.45) is 0 Å². The Bertz CT molecular complexity index is 1370. The number of nitrogens with zero attached hydrogens (tertiary/aromatic N) is 2. The number of thioether (sulfide) groups is 1. The van der Waals surface area contributed by atoms with Crippen LogP contribution >= 0.6 is 11.8 Å². The first-order valence-corrected chi connectivity index (χ1v) is 11.5. The molecule has 33 heavy (non-hydrogen) atoms. The average Bonchev–Trinajstić information content (AvgIpc) is 2.83. The lowest BCUT2D eigenvalue weighted by atomic mass is 10.1. The molecule has 3 aromatic carbocycles. The van der Waals surface area contributed by atoms with Crippen LogP contribution in [0.5, 0.6) is 0 Å². The number of carbonyl (C=O) groups excluding carboxylic acids is 2. The van der Waals surface area contributed by atoms with Crippen molar-refractivity contribution in [2.45, 2.75) is 25.0 Å². The second-order valence-corrected chi connectivity index (χ2v) is 8.59. The summed E-state index contributed by atoms with van der Waals surface area (Å²) in [6, 6.07) is 23.5. The molecule has 0 saturated carbocycles. The molecule has 1 heterocycles. The topological polar surface area (TPSA) is 81.1 Å². The Hall–Kier alpha value is -3.71. The van der Waals surface area contributed by atoms with Crippen LogP contribution in [0.15, 0.2) is 88.8 Å². The molecule has 0 radical (unpaired) electrons. The van der Waals surface area contributed by atoms with Crippen LogP contribution < -0.4 is 10.9 Å². The molecule has 0 spiro atoms. The summed E-state index contributed by atoms with van der Waals surface area (Å²) in [4.78, 5) is 42.1. The molecule has 1 atom stereocenters. The quantitative estimate of drug-likeness (QED) is 0.242. The van der Waals surface area contributed by atoms with Gasteiger partial charge in [0.05, 0.1) is 22.7 Å². The molecule has 0 fully saturated rings. The predicted octanol–water partition coefficient (Wildman–Crippen LogP) is 4.94. The van der Waals surface area contributed by atoms with Gasteiger partial charge in [0.1, 0.15) is 0 Å². The summed E-state index contributed by atoms with van der Waals surface area (Å²) in [6.07, 6.45) is 0. The smallest absolute Gasteiger partial charge is 0.262 e. The van der Waals surface area contributed by atoms with Crippen molar-refractivity contribution in [3.8, 4) is 0 Å². The standard InChI is InChI=1S/C26H23N3O3S/c1-17(19-8-4-3-5-9-19)29-25(32)22-10-6-7-11-23(22)28-26(29)33-16-24(31)27-21-14-12-20(13-15-21)18(2)30/h3-15,17H,16H2,1-2H3,(H,27,31)/t17-/m0/s1. The summed E-state index contributed by atoms with van der Waals surface area (Å²) < 4.78 is 1.65. The van der Waals surface area contributed by atoms with E-state index in [-0.39, 0.29) is 29.0 Å². The van der Waals surface area contributed by atoms with E-state index in [2.05, 4.69) is 5.32 Å². The monoisotopic (exact) mass is 457 g/mol. The van der Waals surface area contributed by atoms with Crippen molar-refractivity contribution >= 4 is 40.0 Å². The molecule has 4 rings (SSSR count). The van der Waals surface area contributed by atoms with E-state index in [9.17, 15) is 14.4 Å². The number of nitrogens with one attached hydrogen (secondary N) is 1. The first-order chi connectivity index (χ1) is 15.9. The Morgan fingerprint density at radius 3 is 2.33 bits per heavy atom. The van der Waals surface area contributed by atoms with E-state index in [0.29, 0.717) is 27.3 Å². The molecule has 166 valence electrons. The third kappa shape index (κ3) is 5.04. The normalized spacial score (nSPS) is 11.8. The van der Waals surface area contributed by atoms with Crippen LogP contribution in [0.1, 0.15) is 35.8 Å². The maximum absolute atomic E-state index is 13.4. The minimum Gasteiger partial charge on any atom is -0.325 e. The fraction of sp³-hybridized carbons (Fsp3) is 0.154. The SMILES string of the molecule is CC(=O)c1ccc(NC(=O)CSc2nc3ccccc3c(=O)n2[C@@H](C)c2ccccc2)cc1. The Morgan fingerprint density at radius 2 is 1.64 bits per heavy atom. The zero-order valence-corrected chi connectivity index (χ0v) is 19.1. The molecular formula is C26H23N3O3S. The lowest BCUT2D eigenvalue weighted by Crippen LogP contribution is -2.27. The van der Waals surface area contributed by atoms with Gasteiger partial charge in [0.15, 0.2) is 10.9 Å². The lowest BCUT2D eigenvalue weighted by Gasteiger charge is -2.20. The minimum atomic E-state index is -0.250. The molecule has 7 heteroatoms. The van der Waals surface area contributed by atoms with Gasteiger partial charge in [-0.2, -0.15) is 0 Å². The Kier molecular flexibility index (Phi) is 6.70. The summed E-state index contributed by atoms with van der Waals surface area (Å²) in [7, 11) is 0. The van der Waals surface area contributed by atoms with Crippen molar-refractivity contribution in [3.05, 3.63) is 100 Å². The molecular weight excluding hydrogens is 434 g/mol. The summed E-state index contributed by atoms with van der Waals surface area (Å²) in [5.41, 5.74) is 2.63. The van der Waals surface area contributed by atoms with Gasteiger partial charge in [-0.05, 0) is 55.8 Å². The van der Waals surface area contributed by atoms with E-state index in [4.69, 9.17) is 4.98 Å². The lowest BCUT2D eigenvalue weighted by molar-refractivity contribution is -0.113. The van der Waals surface area contributed by atoms with E-state index < -0.39 is 0 Å². The average molecular weight is 458 g/mol. The van der Waals surface area contributed by atoms with Gasteiger partial charge in [-0.15, -0.1) is 0 Å². The third-order valence-corrected chi connectivity index (χ3v) is 6.30. The van der Waals surface area contributed by atoms with E-state index in [0.717, 1.165) is 5.56 Å². The van der Waals surface area contributed by atoms with Crippen molar-refractivity contribution < 1.29 is 9.59 Å². The van der Waals surface area contributed by atoms with Gasteiger partial charge in [0.2, 0.25) is 5.91 Å². The molecule has 0 bridgehead atoms. The van der Waals surface area contributed by atoms with Crippen LogP contribution in [0.2, 0.25) is 0 Å². The highest BCUT2D eigenvalue weighted by molar-refractivity contribution is 7.99. The zero-order chi connectivity index (χ0) is 23.4. The summed E-state index contributed by atoms with van der Waals surface area (Å²) >= 11 is 1.22. The molecule has 1 aromatic heterocycles. The Balaban J connectivity index is 1.60. The first kappa shape index (κ1) is 22.5. The number of rotatable bonds is 7. The number of benzene rings is 3. The van der Waals surface area contributed by atoms with Crippen molar-refractivity contribution in [1.82, 2.24) is 9.55 Å². The number of anilines is 1. The Labute approximate surface area is 195 Å². The third-order valence-electron chi connectivity index (χ3n) is 5.35. The van der Waals surface area contributed by atoms with Gasteiger partial charge >= 0.3 is 0 Å². The number of carbonyl (C=O) groups is 2. The molecule has 0 saturated heterocycles. The van der Waals surface area contributed by atoms with Gasteiger partial charge in [0.25, 0.3) is 5.56 Å². The number of Topliss-reactive ketones (excluding diaryl/α,β-unsaturated/α-hetero) is 1. The fourth-order valence-electron chi connectivity index (χ4n) is 3.56. The van der Waals surface area contributed by atoms with Crippen LogP contribution in [0.3, 0.4) is 0 Å². The van der Waals surface area contributed by atoms with E-state index >= 15 is 0 Å². The highest BCUT2D eigenvalue weighted by Crippen LogP contribution is 2.25. The molecule has 0 aliphatic heterocycles. The number of aromatic nitrogens is 2. The molecule has 0 unspecified atom stereocenters. The Morgan fingerprint density at radius 1 is 0.970 bits per heavy atom. The molecule has 1 N–H and O–H groups in total. The number of ketones is 1. The first-order valence-electron chi connectivity index (χ1n) is 10.5. The van der Waals surface area contributed by atoms with Crippen LogP contribution in [-0.2, 0) is 4.79 Å². The van der Waals surface area contributed by atoms with Crippen LogP contribution in [0.4, 0.5) is 5.69 Å². The zero-order valence-electron chi connectivity index (χ0n) is 18.3. The summed E-state index contributed by atoms with van der Waals surface area (Å²) in [5.74, 6) is -0.172. The van der Waals surface area contributed by atoms with Crippen LogP contribution in [0.25, 0.3) is 10.9 Å². The van der Waals surface area contributed by atoms with Gasteiger partial charge in [-0.25, -0.2) is 4.98 Å². The second-order valence-electron chi connectivity index (χ2n) is 7.64. The largest absolute Gasteiger partial charge is 0.325 e. The summed E-state index contributed by atoms with van der Waals surface area (Å²) in [6.45, 7) is 3.45. The second kappa shape index (κ2) is 9.83. The van der Waals surface area contributed by atoms with E-state index in [1.807, 2.05) is 49.4 Å². The predicted molar refractivity (Wildman–Crippen MR) is 132 cm³/mol. The van der Waals surface area contributed by atoms with Crippen LogP contribution in [-0.4, -0.2) is 27.0 Å². The molecule has 0 aliphatic rings. The molecule has 6 nitrogen and oxygen atoms in total. The molecule has 1 amide bonds. The minimum absolute atomic E-state index is 0.0312. The maximum atomic E-state index is 13.4. The fourth-order valence-corrected chi connectivity index (χ4v) is 4.44. The highest BCUT2D eigenvalue weighted by Gasteiger charge is 2.19. The number of para-hydroxylation sites is 1. The van der Waals surface area contributed by atoms with Crippen molar-refractivity contribution in [1.29, 1.82) is 0 Å². The summed E-state index contributed by atoms with van der Waals surface area (Å²) in [5, 5.41) is 3.85. The van der Waals surface area contributed by atoms with Gasteiger partial charge in [0, 0.05) is 11.3 Å². The van der Waals surface area contributed by atoms with Crippen molar-refractivity contribution in [2.75, 3.05) is 11.1 Å². The van der Waals surface area contributed by atoms with Gasteiger partial charge in [-0.1, -0.05) is 54.2 Å². The van der Waals surface area contributed by atoms with Gasteiger partial charge in [-0.3, -0.25) is 19.0 Å². The van der Waals surface area contributed by atoms with Gasteiger partial charge < -0.3 is 5.32 Å².